The highest BCUT2D eigenvalue weighted by molar-refractivity contribution is 7.15. The quantitative estimate of drug-likeness (QED) is 0.682. The number of nitrogens with one attached hydrogen (secondary N) is 1. The number of rotatable bonds is 6. The molecule has 0 aliphatic heterocycles. The minimum atomic E-state index is -0.110. The minimum absolute atomic E-state index is 0.110. The molecule has 0 bridgehead atoms. The summed E-state index contributed by atoms with van der Waals surface area (Å²) in [5.74, 6) is 0.243. The molecule has 0 unspecified atom stereocenters. The molecule has 1 amide bonds. The van der Waals surface area contributed by atoms with Crippen molar-refractivity contribution >= 4 is 34.0 Å². The van der Waals surface area contributed by atoms with E-state index in [9.17, 15) is 4.79 Å². The van der Waals surface area contributed by atoms with Crippen molar-refractivity contribution in [2.45, 2.75) is 25.7 Å². The maximum Gasteiger partial charge on any atom is 0.230 e. The fourth-order valence-electron chi connectivity index (χ4n) is 2.50. The molecule has 128 valence electrons. The first-order chi connectivity index (χ1) is 12.1. The van der Waals surface area contributed by atoms with Crippen molar-refractivity contribution in [2.24, 2.45) is 0 Å². The summed E-state index contributed by atoms with van der Waals surface area (Å²) in [5, 5.41) is 13.2. The first kappa shape index (κ1) is 17.6. The van der Waals surface area contributed by atoms with Crippen LogP contribution in [0.1, 0.15) is 29.0 Å². The van der Waals surface area contributed by atoms with Crippen LogP contribution < -0.4 is 5.32 Å². The lowest BCUT2D eigenvalue weighted by Crippen LogP contribution is -2.14. The summed E-state index contributed by atoms with van der Waals surface area (Å²) in [5.41, 5.74) is 2.18. The van der Waals surface area contributed by atoms with E-state index in [4.69, 9.17) is 11.6 Å². The van der Waals surface area contributed by atoms with Gasteiger partial charge in [-0.15, -0.1) is 10.2 Å². The molecule has 6 heteroatoms. The monoisotopic (exact) mass is 371 g/mol. The number of halogens is 1. The fraction of sp³-hybridized carbons (Fsp3) is 0.211. The van der Waals surface area contributed by atoms with Crippen molar-refractivity contribution in [3.05, 3.63) is 75.8 Å². The summed E-state index contributed by atoms with van der Waals surface area (Å²) in [6.45, 7) is 2.16. The average Bonchev–Trinajstić information content (AvgIpc) is 3.04. The van der Waals surface area contributed by atoms with E-state index in [-0.39, 0.29) is 12.3 Å². The van der Waals surface area contributed by atoms with E-state index in [2.05, 4.69) is 34.6 Å². The molecule has 0 saturated heterocycles. The smallest absolute Gasteiger partial charge is 0.230 e. The van der Waals surface area contributed by atoms with Crippen LogP contribution in [0.2, 0.25) is 5.02 Å². The lowest BCUT2D eigenvalue weighted by molar-refractivity contribution is -0.115. The molecule has 1 heterocycles. The van der Waals surface area contributed by atoms with E-state index in [1.54, 1.807) is 12.1 Å². The number of hydrogen-bond acceptors (Lipinski definition) is 4. The van der Waals surface area contributed by atoms with Gasteiger partial charge in [-0.3, -0.25) is 4.79 Å². The normalized spacial score (nSPS) is 11.9. The highest BCUT2D eigenvalue weighted by Gasteiger charge is 2.12. The Hall–Kier alpha value is -2.24. The van der Waals surface area contributed by atoms with Crippen molar-refractivity contribution in [1.82, 2.24) is 10.2 Å². The maximum absolute atomic E-state index is 12.1. The molecule has 4 nitrogen and oxygen atoms in total. The zero-order chi connectivity index (χ0) is 17.6. The Bertz CT molecular complexity index is 833. The van der Waals surface area contributed by atoms with Crippen LogP contribution in [0.15, 0.2) is 54.6 Å². The van der Waals surface area contributed by atoms with E-state index in [0.29, 0.717) is 16.1 Å². The molecule has 0 saturated carbocycles. The van der Waals surface area contributed by atoms with Crippen molar-refractivity contribution in [1.29, 1.82) is 0 Å². The molecular formula is C19H18ClN3OS. The van der Waals surface area contributed by atoms with Gasteiger partial charge in [-0.2, -0.15) is 0 Å². The molecule has 25 heavy (non-hydrogen) atoms. The van der Waals surface area contributed by atoms with E-state index >= 15 is 0 Å². The molecule has 0 fully saturated rings. The van der Waals surface area contributed by atoms with Gasteiger partial charge in [0, 0.05) is 11.4 Å². The molecule has 0 aliphatic rings. The molecule has 0 spiro atoms. The van der Waals surface area contributed by atoms with Gasteiger partial charge in [-0.05, 0) is 29.2 Å². The number of amides is 1. The van der Waals surface area contributed by atoms with Crippen LogP contribution in [0.5, 0.6) is 0 Å². The van der Waals surface area contributed by atoms with Gasteiger partial charge in [0.2, 0.25) is 11.0 Å². The Balaban J connectivity index is 1.56. The number of nitrogens with zero attached hydrogens (tertiary/aromatic N) is 2. The van der Waals surface area contributed by atoms with Crippen LogP contribution in [-0.2, 0) is 17.6 Å². The number of carbonyl (C=O) groups excluding carboxylic acids is 1. The SMILES string of the molecule is C[C@H](Cc1nnc(NC(=O)Cc2ccc(Cl)cc2)s1)c1ccccc1. The van der Waals surface area contributed by atoms with Crippen LogP contribution in [0.3, 0.4) is 0 Å². The zero-order valence-corrected chi connectivity index (χ0v) is 15.3. The Morgan fingerprint density at radius 2 is 1.84 bits per heavy atom. The third kappa shape index (κ3) is 5.11. The van der Waals surface area contributed by atoms with Crippen LogP contribution in [-0.4, -0.2) is 16.1 Å². The van der Waals surface area contributed by atoms with E-state index < -0.39 is 0 Å². The van der Waals surface area contributed by atoms with Gasteiger partial charge in [0.1, 0.15) is 5.01 Å². The molecule has 2 aromatic carbocycles. The average molecular weight is 372 g/mol. The lowest BCUT2D eigenvalue weighted by atomic mass is 9.98. The molecule has 3 rings (SSSR count). The fourth-order valence-corrected chi connectivity index (χ4v) is 3.51. The largest absolute Gasteiger partial charge is 0.300 e. The first-order valence-corrected chi connectivity index (χ1v) is 9.21. The molecule has 1 aromatic heterocycles. The summed E-state index contributed by atoms with van der Waals surface area (Å²) in [6, 6.07) is 17.5. The number of hydrogen-bond donors (Lipinski definition) is 1. The summed E-state index contributed by atoms with van der Waals surface area (Å²) in [6.07, 6.45) is 1.08. The molecule has 1 atom stereocenters. The topological polar surface area (TPSA) is 54.9 Å². The van der Waals surface area contributed by atoms with Gasteiger partial charge in [-0.25, -0.2) is 0 Å². The van der Waals surface area contributed by atoms with Crippen molar-refractivity contribution < 1.29 is 4.79 Å². The van der Waals surface area contributed by atoms with E-state index in [1.165, 1.54) is 16.9 Å². The highest BCUT2D eigenvalue weighted by Crippen LogP contribution is 2.24. The second kappa shape index (κ2) is 8.23. The lowest BCUT2D eigenvalue weighted by Gasteiger charge is -2.08. The van der Waals surface area contributed by atoms with Gasteiger partial charge in [0.25, 0.3) is 0 Å². The maximum atomic E-state index is 12.1. The van der Waals surface area contributed by atoms with Gasteiger partial charge in [0.05, 0.1) is 6.42 Å². The number of aromatic nitrogens is 2. The Morgan fingerprint density at radius 3 is 2.56 bits per heavy atom. The standard InChI is InChI=1S/C19H18ClN3OS/c1-13(15-5-3-2-4-6-15)11-18-22-23-19(25-18)21-17(24)12-14-7-9-16(20)10-8-14/h2-10,13H,11-12H2,1H3,(H,21,23,24)/t13-/m1/s1. The Kier molecular flexibility index (Phi) is 5.79. The summed E-state index contributed by atoms with van der Waals surface area (Å²) in [7, 11) is 0. The van der Waals surface area contributed by atoms with Gasteiger partial charge >= 0.3 is 0 Å². The third-order valence-corrected chi connectivity index (χ3v) is 4.95. The van der Waals surface area contributed by atoms with Crippen molar-refractivity contribution in [3.8, 4) is 0 Å². The van der Waals surface area contributed by atoms with Crippen LogP contribution in [0.25, 0.3) is 0 Å². The van der Waals surface area contributed by atoms with Crippen LogP contribution in [0.4, 0.5) is 5.13 Å². The second-order valence-corrected chi connectivity index (χ2v) is 7.37. The number of carbonyl (C=O) groups is 1. The number of benzene rings is 2. The Labute approximate surface area is 155 Å². The number of anilines is 1. The second-order valence-electron chi connectivity index (χ2n) is 5.87. The van der Waals surface area contributed by atoms with E-state index in [0.717, 1.165) is 17.0 Å². The van der Waals surface area contributed by atoms with Gasteiger partial charge in [0.15, 0.2) is 0 Å². The predicted octanol–water partition coefficient (Wildman–Crippen LogP) is 4.72. The summed E-state index contributed by atoms with van der Waals surface area (Å²) >= 11 is 7.27. The molecule has 1 N–H and O–H groups in total. The predicted molar refractivity (Wildman–Crippen MR) is 102 cm³/mol. The summed E-state index contributed by atoms with van der Waals surface area (Å²) < 4.78 is 0. The Morgan fingerprint density at radius 1 is 1.12 bits per heavy atom. The van der Waals surface area contributed by atoms with Gasteiger partial charge in [-0.1, -0.05) is 72.3 Å². The minimum Gasteiger partial charge on any atom is -0.300 e. The van der Waals surface area contributed by atoms with Crippen LogP contribution in [0, 0.1) is 0 Å². The highest BCUT2D eigenvalue weighted by atomic mass is 35.5. The van der Waals surface area contributed by atoms with E-state index in [1.807, 2.05) is 30.3 Å². The molecular weight excluding hydrogens is 354 g/mol. The van der Waals surface area contributed by atoms with Crippen molar-refractivity contribution in [3.63, 3.8) is 0 Å². The van der Waals surface area contributed by atoms with Gasteiger partial charge < -0.3 is 5.32 Å². The van der Waals surface area contributed by atoms with Crippen LogP contribution >= 0.6 is 22.9 Å². The first-order valence-electron chi connectivity index (χ1n) is 8.02. The molecule has 0 aliphatic carbocycles. The van der Waals surface area contributed by atoms with Crippen molar-refractivity contribution in [2.75, 3.05) is 5.32 Å². The molecule has 0 radical (unpaired) electrons. The molecule has 3 aromatic rings. The third-order valence-electron chi connectivity index (χ3n) is 3.84. The zero-order valence-electron chi connectivity index (χ0n) is 13.8. The summed E-state index contributed by atoms with van der Waals surface area (Å²) in [4.78, 5) is 12.1.